The molecule has 1 unspecified atom stereocenters. The zero-order valence-electron chi connectivity index (χ0n) is 6.92. The maximum Gasteiger partial charge on any atom is 0.123 e. The number of likely N-dealkylation sites (N-methyl/N-ethyl adjacent to an activating group) is 1. The van der Waals surface area contributed by atoms with E-state index in [0.717, 1.165) is 5.56 Å². The zero-order valence-corrected chi connectivity index (χ0v) is 6.92. The molecule has 0 aliphatic carbocycles. The first kappa shape index (κ1) is 9.16. The summed E-state index contributed by atoms with van der Waals surface area (Å²) in [6, 6.07) is 5.84. The van der Waals surface area contributed by atoms with E-state index < -0.39 is 6.10 Å². The lowest BCUT2D eigenvalue weighted by Crippen LogP contribution is -2.16. The quantitative estimate of drug-likeness (QED) is 0.709. The summed E-state index contributed by atoms with van der Waals surface area (Å²) < 4.78 is 12.4. The maximum absolute atomic E-state index is 12.4. The highest BCUT2D eigenvalue weighted by molar-refractivity contribution is 5.18. The van der Waals surface area contributed by atoms with E-state index in [1.165, 1.54) is 12.1 Å². The Labute approximate surface area is 71.0 Å². The van der Waals surface area contributed by atoms with Crippen molar-refractivity contribution in [3.63, 3.8) is 0 Å². The number of hydrogen-bond acceptors (Lipinski definition) is 2. The van der Waals surface area contributed by atoms with Crippen LogP contribution in [0.1, 0.15) is 11.7 Å². The summed E-state index contributed by atoms with van der Waals surface area (Å²) in [4.78, 5) is 0. The molecule has 1 atom stereocenters. The molecule has 0 saturated carbocycles. The number of hydrogen-bond donors (Lipinski definition) is 2. The van der Waals surface area contributed by atoms with Crippen molar-refractivity contribution in [3.8, 4) is 0 Å². The highest BCUT2D eigenvalue weighted by Crippen LogP contribution is 2.11. The van der Waals surface area contributed by atoms with Gasteiger partial charge in [-0.05, 0) is 24.7 Å². The number of nitrogens with one attached hydrogen (secondary N) is 1. The molecule has 0 aromatic heterocycles. The van der Waals surface area contributed by atoms with E-state index in [9.17, 15) is 9.50 Å². The van der Waals surface area contributed by atoms with Crippen LogP contribution in [0.15, 0.2) is 24.3 Å². The van der Waals surface area contributed by atoms with Crippen LogP contribution in [0, 0.1) is 5.82 Å². The molecule has 2 N–H and O–H groups in total. The standard InChI is InChI=1S/C9H12FNO/c1-11-6-9(12)7-2-4-8(10)5-3-7/h2-5,9,11-12H,6H2,1H3. The van der Waals surface area contributed by atoms with Crippen molar-refractivity contribution < 1.29 is 9.50 Å². The number of rotatable bonds is 3. The Hall–Kier alpha value is -0.930. The topological polar surface area (TPSA) is 32.3 Å². The molecule has 1 aromatic carbocycles. The first-order chi connectivity index (χ1) is 5.74. The second kappa shape index (κ2) is 4.18. The van der Waals surface area contributed by atoms with Crippen LogP contribution in [0.3, 0.4) is 0 Å². The third-order valence-electron chi connectivity index (χ3n) is 1.65. The van der Waals surface area contributed by atoms with Crippen LogP contribution in [0.2, 0.25) is 0 Å². The van der Waals surface area contributed by atoms with Gasteiger partial charge in [0.15, 0.2) is 0 Å². The Morgan fingerprint density at radius 3 is 2.50 bits per heavy atom. The van der Waals surface area contributed by atoms with Crippen LogP contribution in [0.25, 0.3) is 0 Å². The Balaban J connectivity index is 2.68. The molecular weight excluding hydrogens is 157 g/mol. The van der Waals surface area contributed by atoms with Gasteiger partial charge in [0, 0.05) is 6.54 Å². The van der Waals surface area contributed by atoms with Crippen molar-refractivity contribution in [3.05, 3.63) is 35.6 Å². The zero-order chi connectivity index (χ0) is 8.97. The summed E-state index contributed by atoms with van der Waals surface area (Å²) >= 11 is 0. The lowest BCUT2D eigenvalue weighted by atomic mass is 10.1. The van der Waals surface area contributed by atoms with Crippen molar-refractivity contribution in [1.82, 2.24) is 5.32 Å². The van der Waals surface area contributed by atoms with Gasteiger partial charge in [0.25, 0.3) is 0 Å². The van der Waals surface area contributed by atoms with Gasteiger partial charge in [-0.3, -0.25) is 0 Å². The highest BCUT2D eigenvalue weighted by atomic mass is 19.1. The average Bonchev–Trinajstić information content (AvgIpc) is 2.06. The summed E-state index contributed by atoms with van der Waals surface area (Å²) in [6.45, 7) is 0.478. The van der Waals surface area contributed by atoms with E-state index in [1.807, 2.05) is 0 Å². The van der Waals surface area contributed by atoms with Gasteiger partial charge < -0.3 is 10.4 Å². The minimum absolute atomic E-state index is 0.282. The molecule has 66 valence electrons. The van der Waals surface area contributed by atoms with E-state index in [4.69, 9.17) is 0 Å². The lowest BCUT2D eigenvalue weighted by molar-refractivity contribution is 0.177. The molecule has 0 fully saturated rings. The smallest absolute Gasteiger partial charge is 0.123 e. The fourth-order valence-corrected chi connectivity index (χ4v) is 0.996. The van der Waals surface area contributed by atoms with E-state index in [-0.39, 0.29) is 5.82 Å². The molecule has 0 spiro atoms. The van der Waals surface area contributed by atoms with Crippen LogP contribution in [-0.4, -0.2) is 18.7 Å². The van der Waals surface area contributed by atoms with Gasteiger partial charge >= 0.3 is 0 Å². The molecule has 1 aromatic rings. The van der Waals surface area contributed by atoms with Gasteiger partial charge in [0.1, 0.15) is 5.82 Å². The first-order valence-electron chi connectivity index (χ1n) is 3.82. The Bertz CT molecular complexity index is 235. The van der Waals surface area contributed by atoms with Gasteiger partial charge in [-0.2, -0.15) is 0 Å². The molecule has 0 saturated heterocycles. The van der Waals surface area contributed by atoms with E-state index in [0.29, 0.717) is 6.54 Å². The molecule has 0 aliphatic rings. The van der Waals surface area contributed by atoms with Gasteiger partial charge in [-0.15, -0.1) is 0 Å². The van der Waals surface area contributed by atoms with Gasteiger partial charge in [0.2, 0.25) is 0 Å². The van der Waals surface area contributed by atoms with Crippen molar-refractivity contribution >= 4 is 0 Å². The molecule has 12 heavy (non-hydrogen) atoms. The number of benzene rings is 1. The third-order valence-corrected chi connectivity index (χ3v) is 1.65. The summed E-state index contributed by atoms with van der Waals surface area (Å²) in [5.41, 5.74) is 0.728. The predicted molar refractivity (Wildman–Crippen MR) is 45.3 cm³/mol. The first-order valence-corrected chi connectivity index (χ1v) is 3.82. The fourth-order valence-electron chi connectivity index (χ4n) is 0.996. The Morgan fingerprint density at radius 2 is 2.00 bits per heavy atom. The molecule has 0 heterocycles. The fraction of sp³-hybridized carbons (Fsp3) is 0.333. The van der Waals surface area contributed by atoms with E-state index >= 15 is 0 Å². The normalized spacial score (nSPS) is 12.9. The average molecular weight is 169 g/mol. The predicted octanol–water partition coefficient (Wildman–Crippen LogP) is 1.08. The number of halogens is 1. The van der Waals surface area contributed by atoms with Crippen LogP contribution >= 0.6 is 0 Å². The molecule has 0 radical (unpaired) electrons. The monoisotopic (exact) mass is 169 g/mol. The minimum Gasteiger partial charge on any atom is -0.387 e. The molecule has 2 nitrogen and oxygen atoms in total. The molecule has 1 rings (SSSR count). The van der Waals surface area contributed by atoms with Gasteiger partial charge in [-0.25, -0.2) is 4.39 Å². The van der Waals surface area contributed by atoms with Crippen LogP contribution in [0.5, 0.6) is 0 Å². The number of aliphatic hydroxyl groups is 1. The Kier molecular flexibility index (Phi) is 3.19. The van der Waals surface area contributed by atoms with E-state index in [2.05, 4.69) is 5.32 Å². The molecule has 0 aliphatic heterocycles. The highest BCUT2D eigenvalue weighted by Gasteiger charge is 2.04. The van der Waals surface area contributed by atoms with Crippen LogP contribution < -0.4 is 5.32 Å². The largest absolute Gasteiger partial charge is 0.387 e. The minimum atomic E-state index is -0.560. The third kappa shape index (κ3) is 2.29. The van der Waals surface area contributed by atoms with E-state index in [1.54, 1.807) is 19.2 Å². The summed E-state index contributed by atoms with van der Waals surface area (Å²) in [5, 5.41) is 12.3. The molecule has 0 amide bonds. The molecule has 3 heteroatoms. The number of aliphatic hydroxyl groups excluding tert-OH is 1. The van der Waals surface area contributed by atoms with Gasteiger partial charge in [0.05, 0.1) is 6.10 Å². The lowest BCUT2D eigenvalue weighted by Gasteiger charge is -2.09. The van der Waals surface area contributed by atoms with Crippen molar-refractivity contribution in [1.29, 1.82) is 0 Å². The SMILES string of the molecule is CNCC(O)c1ccc(F)cc1. The molecule has 0 bridgehead atoms. The molecular formula is C9H12FNO. The van der Waals surface area contributed by atoms with Crippen LogP contribution in [0.4, 0.5) is 4.39 Å². The van der Waals surface area contributed by atoms with Crippen molar-refractivity contribution in [2.24, 2.45) is 0 Å². The van der Waals surface area contributed by atoms with Crippen molar-refractivity contribution in [2.75, 3.05) is 13.6 Å². The maximum atomic E-state index is 12.4. The second-order valence-electron chi connectivity index (χ2n) is 2.63. The second-order valence-corrected chi connectivity index (χ2v) is 2.63. The van der Waals surface area contributed by atoms with Crippen LogP contribution in [-0.2, 0) is 0 Å². The summed E-state index contributed by atoms with van der Waals surface area (Å²) in [6.07, 6.45) is -0.560. The van der Waals surface area contributed by atoms with Crippen molar-refractivity contribution in [2.45, 2.75) is 6.10 Å². The van der Waals surface area contributed by atoms with Gasteiger partial charge in [-0.1, -0.05) is 12.1 Å². The Morgan fingerprint density at radius 1 is 1.42 bits per heavy atom. The summed E-state index contributed by atoms with van der Waals surface area (Å²) in [5.74, 6) is -0.282. The summed E-state index contributed by atoms with van der Waals surface area (Å²) in [7, 11) is 1.76.